The van der Waals surface area contributed by atoms with Gasteiger partial charge in [-0.05, 0) is 23.5 Å². The Labute approximate surface area is 92.5 Å². The molecule has 82 valence electrons. The normalized spacial score (nSPS) is 13.0. The molecule has 0 saturated carbocycles. The van der Waals surface area contributed by atoms with E-state index in [0.717, 1.165) is 0 Å². The van der Waals surface area contributed by atoms with Crippen molar-refractivity contribution in [2.75, 3.05) is 6.61 Å². The van der Waals surface area contributed by atoms with Crippen LogP contribution in [0.2, 0.25) is 0 Å². The molecule has 0 radical (unpaired) electrons. The highest BCUT2D eigenvalue weighted by molar-refractivity contribution is 5.69. The van der Waals surface area contributed by atoms with Gasteiger partial charge in [-0.3, -0.25) is 0 Å². The Bertz CT molecular complexity index is 339. The molecule has 1 aromatic carbocycles. The van der Waals surface area contributed by atoms with Gasteiger partial charge in [-0.15, -0.1) is 0 Å². The Morgan fingerprint density at radius 3 is 2.13 bits per heavy atom. The van der Waals surface area contributed by atoms with Crippen LogP contribution in [0.25, 0.3) is 5.57 Å². The fourth-order valence-corrected chi connectivity index (χ4v) is 1.68. The average molecular weight is 204 g/mol. The largest absolute Gasteiger partial charge is 0.392 e. The van der Waals surface area contributed by atoms with Crippen LogP contribution in [0, 0.1) is 12.3 Å². The van der Waals surface area contributed by atoms with Crippen molar-refractivity contribution in [3.8, 4) is 0 Å². The summed E-state index contributed by atoms with van der Waals surface area (Å²) in [4.78, 5) is 0. The molecule has 0 aromatic heterocycles. The maximum absolute atomic E-state index is 9.04. The molecule has 0 spiro atoms. The molecule has 0 aliphatic carbocycles. The van der Waals surface area contributed by atoms with E-state index >= 15 is 0 Å². The number of aryl methyl sites for hydroxylation is 1. The predicted molar refractivity (Wildman–Crippen MR) is 65.7 cm³/mol. The number of hydrogen-bond acceptors (Lipinski definition) is 1. The third-order valence-electron chi connectivity index (χ3n) is 2.47. The highest BCUT2D eigenvalue weighted by atomic mass is 16.2. The molecule has 0 amide bonds. The van der Waals surface area contributed by atoms with Crippen LogP contribution in [0.3, 0.4) is 0 Å². The molecular weight excluding hydrogens is 184 g/mol. The molecule has 0 fully saturated rings. The second kappa shape index (κ2) is 4.63. The van der Waals surface area contributed by atoms with Crippen LogP contribution in [-0.2, 0) is 0 Å². The lowest BCUT2D eigenvalue weighted by molar-refractivity contribution is 0.341. The first-order chi connectivity index (χ1) is 6.95. The summed E-state index contributed by atoms with van der Waals surface area (Å²) in [7, 11) is 0. The third-order valence-corrected chi connectivity index (χ3v) is 2.47. The maximum atomic E-state index is 9.04. The molecule has 1 rings (SSSR count). The van der Waals surface area contributed by atoms with Gasteiger partial charge in [0.15, 0.2) is 0 Å². The lowest BCUT2D eigenvalue weighted by atomic mass is 9.82. The van der Waals surface area contributed by atoms with Gasteiger partial charge in [0, 0.05) is 0 Å². The fraction of sp³-hybridized carbons (Fsp3) is 0.429. The number of allylic oxidation sites excluding steroid dienone is 1. The van der Waals surface area contributed by atoms with Crippen molar-refractivity contribution < 1.29 is 5.11 Å². The van der Waals surface area contributed by atoms with Crippen LogP contribution in [0.1, 0.15) is 31.9 Å². The van der Waals surface area contributed by atoms with Crippen molar-refractivity contribution in [2.45, 2.75) is 27.7 Å². The minimum Gasteiger partial charge on any atom is -0.392 e. The van der Waals surface area contributed by atoms with Crippen LogP contribution in [-0.4, -0.2) is 11.7 Å². The van der Waals surface area contributed by atoms with Crippen molar-refractivity contribution in [1.82, 2.24) is 0 Å². The lowest BCUT2D eigenvalue weighted by Gasteiger charge is -2.23. The highest BCUT2D eigenvalue weighted by Gasteiger charge is 2.17. The van der Waals surface area contributed by atoms with E-state index < -0.39 is 0 Å². The van der Waals surface area contributed by atoms with E-state index in [1.54, 1.807) is 0 Å². The number of hydrogen-bond donors (Lipinski definition) is 1. The number of benzene rings is 1. The summed E-state index contributed by atoms with van der Waals surface area (Å²) in [5, 5.41) is 9.04. The van der Waals surface area contributed by atoms with Crippen molar-refractivity contribution in [3.63, 3.8) is 0 Å². The Kier molecular flexibility index (Phi) is 3.70. The van der Waals surface area contributed by atoms with Gasteiger partial charge in [-0.1, -0.05) is 56.7 Å². The van der Waals surface area contributed by atoms with Crippen LogP contribution in [0.15, 0.2) is 30.3 Å². The molecule has 15 heavy (non-hydrogen) atoms. The van der Waals surface area contributed by atoms with Gasteiger partial charge < -0.3 is 5.11 Å². The van der Waals surface area contributed by atoms with Crippen LogP contribution in [0.4, 0.5) is 0 Å². The zero-order chi connectivity index (χ0) is 11.5. The molecule has 1 N–H and O–H groups in total. The standard InChI is InChI=1S/C14H20O/c1-11-5-7-12(8-6-11)13(9-10-15)14(2,3)4/h5-9,15H,10H2,1-4H3/b13-9+. The van der Waals surface area contributed by atoms with E-state index in [2.05, 4.69) is 52.0 Å². The van der Waals surface area contributed by atoms with Gasteiger partial charge in [0.05, 0.1) is 6.61 Å². The van der Waals surface area contributed by atoms with Gasteiger partial charge in [0.25, 0.3) is 0 Å². The van der Waals surface area contributed by atoms with E-state index in [9.17, 15) is 0 Å². The molecule has 1 heteroatoms. The van der Waals surface area contributed by atoms with Crippen LogP contribution >= 0.6 is 0 Å². The van der Waals surface area contributed by atoms with Crippen molar-refractivity contribution >= 4 is 5.57 Å². The zero-order valence-electron chi connectivity index (χ0n) is 10.0. The second-order valence-electron chi connectivity index (χ2n) is 4.92. The van der Waals surface area contributed by atoms with Crippen LogP contribution in [0.5, 0.6) is 0 Å². The minimum absolute atomic E-state index is 0.0674. The molecule has 0 heterocycles. The summed E-state index contributed by atoms with van der Waals surface area (Å²) < 4.78 is 0. The Morgan fingerprint density at radius 1 is 1.20 bits per heavy atom. The first-order valence-corrected chi connectivity index (χ1v) is 5.33. The summed E-state index contributed by atoms with van der Waals surface area (Å²) in [5.41, 5.74) is 3.72. The van der Waals surface area contributed by atoms with E-state index in [-0.39, 0.29) is 12.0 Å². The Balaban J connectivity index is 3.11. The average Bonchev–Trinajstić information content (AvgIpc) is 2.14. The van der Waals surface area contributed by atoms with Crippen molar-refractivity contribution in [3.05, 3.63) is 41.5 Å². The molecule has 0 aliphatic rings. The zero-order valence-corrected chi connectivity index (χ0v) is 10.0. The number of rotatable bonds is 2. The maximum Gasteiger partial charge on any atom is 0.0618 e. The SMILES string of the molecule is Cc1ccc(/C(=C\CO)C(C)(C)C)cc1. The summed E-state index contributed by atoms with van der Waals surface area (Å²) in [6.07, 6.45) is 1.89. The molecular formula is C14H20O. The number of aliphatic hydroxyl groups excluding tert-OH is 1. The second-order valence-corrected chi connectivity index (χ2v) is 4.92. The predicted octanol–water partition coefficient (Wildman–Crippen LogP) is 3.42. The third kappa shape index (κ3) is 3.21. The summed E-state index contributed by atoms with van der Waals surface area (Å²) in [5.74, 6) is 0. The fourth-order valence-electron chi connectivity index (χ4n) is 1.68. The quantitative estimate of drug-likeness (QED) is 0.782. The Hall–Kier alpha value is -1.08. The lowest BCUT2D eigenvalue weighted by Crippen LogP contribution is -2.09. The van der Waals surface area contributed by atoms with Crippen molar-refractivity contribution in [1.29, 1.82) is 0 Å². The molecule has 0 saturated heterocycles. The topological polar surface area (TPSA) is 20.2 Å². The smallest absolute Gasteiger partial charge is 0.0618 e. The summed E-state index contributed by atoms with van der Waals surface area (Å²) in [6, 6.07) is 8.43. The van der Waals surface area contributed by atoms with E-state index in [1.807, 2.05) is 6.08 Å². The molecule has 1 aromatic rings. The summed E-state index contributed by atoms with van der Waals surface area (Å²) >= 11 is 0. The monoisotopic (exact) mass is 204 g/mol. The van der Waals surface area contributed by atoms with Gasteiger partial charge in [0.1, 0.15) is 0 Å². The Morgan fingerprint density at radius 2 is 1.73 bits per heavy atom. The molecule has 0 aliphatic heterocycles. The van der Waals surface area contributed by atoms with Crippen LogP contribution < -0.4 is 0 Å². The van der Waals surface area contributed by atoms with Gasteiger partial charge in [0.2, 0.25) is 0 Å². The first kappa shape index (κ1) is 12.0. The molecule has 1 nitrogen and oxygen atoms in total. The molecule has 0 unspecified atom stereocenters. The highest BCUT2D eigenvalue weighted by Crippen LogP contribution is 2.33. The molecule has 0 bridgehead atoms. The van der Waals surface area contributed by atoms with Gasteiger partial charge >= 0.3 is 0 Å². The van der Waals surface area contributed by atoms with E-state index in [0.29, 0.717) is 0 Å². The minimum atomic E-state index is 0.0674. The van der Waals surface area contributed by atoms with E-state index in [1.165, 1.54) is 16.7 Å². The first-order valence-electron chi connectivity index (χ1n) is 5.33. The van der Waals surface area contributed by atoms with Gasteiger partial charge in [-0.25, -0.2) is 0 Å². The van der Waals surface area contributed by atoms with Crippen molar-refractivity contribution in [2.24, 2.45) is 5.41 Å². The molecule has 0 atom stereocenters. The van der Waals surface area contributed by atoms with E-state index in [4.69, 9.17) is 5.11 Å². The van der Waals surface area contributed by atoms with Gasteiger partial charge in [-0.2, -0.15) is 0 Å². The summed E-state index contributed by atoms with van der Waals surface area (Å²) in [6.45, 7) is 8.66. The number of aliphatic hydroxyl groups is 1.